The van der Waals surface area contributed by atoms with Crippen LogP contribution in [0.4, 0.5) is 0 Å². The van der Waals surface area contributed by atoms with Gasteiger partial charge in [-0.05, 0) is 84.5 Å². The second-order valence-corrected chi connectivity index (χ2v) is 8.01. The Morgan fingerprint density at radius 3 is 1.12 bits per heavy atom. The van der Waals surface area contributed by atoms with Crippen molar-refractivity contribution in [1.82, 2.24) is 9.80 Å². The molecule has 2 aliphatic rings. The summed E-state index contributed by atoms with van der Waals surface area (Å²) in [6, 6.07) is 18.2. The lowest BCUT2D eigenvalue weighted by molar-refractivity contribution is 0.332. The minimum Gasteiger partial charge on any atom is -0.299 e. The Balaban J connectivity index is 1.70. The lowest BCUT2D eigenvalue weighted by Crippen LogP contribution is -2.20. The molecule has 0 aromatic heterocycles. The number of hydrogen-bond acceptors (Lipinski definition) is 2. The van der Waals surface area contributed by atoms with Gasteiger partial charge in [0.15, 0.2) is 0 Å². The quantitative estimate of drug-likeness (QED) is 0.601. The highest BCUT2D eigenvalue weighted by atomic mass is 15.1. The van der Waals surface area contributed by atoms with Gasteiger partial charge in [0.25, 0.3) is 0 Å². The van der Waals surface area contributed by atoms with Crippen LogP contribution < -0.4 is 0 Å². The van der Waals surface area contributed by atoms with Crippen molar-refractivity contribution in [3.63, 3.8) is 0 Å². The molecule has 134 valence electrons. The molecule has 0 atom stereocenters. The molecule has 2 heterocycles. The van der Waals surface area contributed by atoms with Gasteiger partial charge in [0, 0.05) is 13.1 Å². The maximum absolute atomic E-state index is 2.63. The zero-order chi connectivity index (χ0) is 17.3. The fourth-order valence-corrected chi connectivity index (χ4v) is 4.98. The molecule has 0 aliphatic carbocycles. The van der Waals surface area contributed by atoms with E-state index in [1.54, 1.807) is 0 Å². The fourth-order valence-electron chi connectivity index (χ4n) is 4.98. The maximum Gasteiger partial charge on any atom is 0.0246 e. The second kappa shape index (κ2) is 7.02. The van der Waals surface area contributed by atoms with Crippen LogP contribution in [0.3, 0.4) is 0 Å². The van der Waals surface area contributed by atoms with Gasteiger partial charge in [-0.1, -0.05) is 48.5 Å². The summed E-state index contributed by atoms with van der Waals surface area (Å²) < 4.78 is 0. The highest BCUT2D eigenvalue weighted by Crippen LogP contribution is 2.35. The lowest BCUT2D eigenvalue weighted by atomic mass is 9.91. The van der Waals surface area contributed by atoms with Crippen molar-refractivity contribution in [2.45, 2.75) is 38.8 Å². The Morgan fingerprint density at radius 1 is 0.500 bits per heavy atom. The van der Waals surface area contributed by atoms with Gasteiger partial charge < -0.3 is 0 Å². The summed E-state index contributed by atoms with van der Waals surface area (Å²) in [5.41, 5.74) is 3.06. The Labute approximate surface area is 156 Å². The van der Waals surface area contributed by atoms with Crippen LogP contribution in [0.1, 0.15) is 36.8 Å². The van der Waals surface area contributed by atoms with E-state index in [0.717, 1.165) is 13.1 Å². The van der Waals surface area contributed by atoms with E-state index in [0.29, 0.717) is 0 Å². The lowest BCUT2D eigenvalue weighted by Gasteiger charge is -2.23. The minimum absolute atomic E-state index is 1.09. The topological polar surface area (TPSA) is 6.48 Å². The summed E-state index contributed by atoms with van der Waals surface area (Å²) in [4.78, 5) is 5.27. The van der Waals surface area contributed by atoms with Gasteiger partial charge in [0.1, 0.15) is 0 Å². The van der Waals surface area contributed by atoms with Crippen LogP contribution in [-0.2, 0) is 13.1 Å². The molecule has 0 unspecified atom stereocenters. The molecule has 0 bridgehead atoms. The Bertz CT molecular complexity index is 785. The molecular weight excluding hydrogens is 316 g/mol. The molecule has 3 aromatic carbocycles. The molecule has 26 heavy (non-hydrogen) atoms. The summed E-state index contributed by atoms with van der Waals surface area (Å²) in [7, 11) is 0. The van der Waals surface area contributed by atoms with Crippen molar-refractivity contribution in [2.75, 3.05) is 26.2 Å². The summed E-state index contributed by atoms with van der Waals surface area (Å²) >= 11 is 0. The number of benzene rings is 3. The molecule has 2 aliphatic heterocycles. The van der Waals surface area contributed by atoms with E-state index in [9.17, 15) is 0 Å². The van der Waals surface area contributed by atoms with Crippen LogP contribution in [0.25, 0.3) is 21.5 Å². The van der Waals surface area contributed by atoms with Gasteiger partial charge in [-0.2, -0.15) is 0 Å². The highest BCUT2D eigenvalue weighted by molar-refractivity contribution is 6.05. The molecular formula is C24H28N2. The van der Waals surface area contributed by atoms with E-state index in [1.165, 1.54) is 84.5 Å². The molecule has 3 aromatic rings. The Kier molecular flexibility index (Phi) is 4.40. The van der Waals surface area contributed by atoms with Crippen LogP contribution >= 0.6 is 0 Å². The van der Waals surface area contributed by atoms with Crippen molar-refractivity contribution in [3.05, 3.63) is 59.7 Å². The van der Waals surface area contributed by atoms with Gasteiger partial charge in [-0.15, -0.1) is 0 Å². The van der Waals surface area contributed by atoms with E-state index in [4.69, 9.17) is 0 Å². The third-order valence-electron chi connectivity index (χ3n) is 6.32. The Morgan fingerprint density at radius 2 is 0.808 bits per heavy atom. The molecule has 0 spiro atoms. The SMILES string of the molecule is c1ccc2c(CN3CCCC3)c3ccccc3c(CN3CCCC3)c2c1. The monoisotopic (exact) mass is 344 g/mol. The molecule has 5 rings (SSSR count). The van der Waals surface area contributed by atoms with E-state index < -0.39 is 0 Å². The average molecular weight is 345 g/mol. The van der Waals surface area contributed by atoms with Crippen LogP contribution in [0.15, 0.2) is 48.5 Å². The number of fused-ring (bicyclic) bond motifs is 2. The van der Waals surface area contributed by atoms with Gasteiger partial charge in [0.05, 0.1) is 0 Å². The molecule has 2 fully saturated rings. The summed E-state index contributed by atoms with van der Waals surface area (Å²) in [5.74, 6) is 0. The van der Waals surface area contributed by atoms with Gasteiger partial charge in [-0.3, -0.25) is 9.80 Å². The summed E-state index contributed by atoms with van der Waals surface area (Å²) in [6.45, 7) is 7.17. The Hall–Kier alpha value is -1.90. The van der Waals surface area contributed by atoms with Gasteiger partial charge in [-0.25, -0.2) is 0 Å². The third-order valence-corrected chi connectivity index (χ3v) is 6.32. The molecule has 2 nitrogen and oxygen atoms in total. The number of hydrogen-bond donors (Lipinski definition) is 0. The molecule has 0 amide bonds. The van der Waals surface area contributed by atoms with Crippen molar-refractivity contribution < 1.29 is 0 Å². The van der Waals surface area contributed by atoms with Crippen molar-refractivity contribution in [3.8, 4) is 0 Å². The predicted molar refractivity (Wildman–Crippen MR) is 110 cm³/mol. The van der Waals surface area contributed by atoms with Crippen LogP contribution in [0.2, 0.25) is 0 Å². The van der Waals surface area contributed by atoms with E-state index in [2.05, 4.69) is 58.3 Å². The minimum atomic E-state index is 1.09. The van der Waals surface area contributed by atoms with Crippen LogP contribution in [-0.4, -0.2) is 36.0 Å². The van der Waals surface area contributed by atoms with E-state index >= 15 is 0 Å². The molecule has 0 radical (unpaired) electrons. The number of rotatable bonds is 4. The standard InChI is InChI=1S/C24H28N2/c1-2-10-20-19(9-1)23(17-25-13-5-6-14-25)21-11-3-4-12-22(21)24(20)18-26-15-7-8-16-26/h1-4,9-12H,5-8,13-18H2. The van der Waals surface area contributed by atoms with Gasteiger partial charge >= 0.3 is 0 Å². The van der Waals surface area contributed by atoms with Crippen molar-refractivity contribution in [2.24, 2.45) is 0 Å². The normalized spacial score (nSPS) is 19.1. The fraction of sp³-hybridized carbons (Fsp3) is 0.417. The average Bonchev–Trinajstić information content (AvgIpc) is 3.38. The first-order valence-corrected chi connectivity index (χ1v) is 10.3. The number of nitrogens with zero attached hydrogens (tertiary/aromatic N) is 2. The largest absolute Gasteiger partial charge is 0.299 e. The number of likely N-dealkylation sites (tertiary alicyclic amines) is 2. The zero-order valence-corrected chi connectivity index (χ0v) is 15.6. The predicted octanol–water partition coefficient (Wildman–Crippen LogP) is 5.18. The molecule has 2 heteroatoms. The first kappa shape index (κ1) is 16.3. The maximum atomic E-state index is 2.63. The van der Waals surface area contributed by atoms with E-state index in [-0.39, 0.29) is 0 Å². The first-order chi connectivity index (χ1) is 12.9. The van der Waals surface area contributed by atoms with E-state index in [1.807, 2.05) is 0 Å². The smallest absolute Gasteiger partial charge is 0.0246 e. The zero-order valence-electron chi connectivity index (χ0n) is 15.6. The molecule has 0 N–H and O–H groups in total. The highest BCUT2D eigenvalue weighted by Gasteiger charge is 2.20. The molecule has 2 saturated heterocycles. The third kappa shape index (κ3) is 2.91. The van der Waals surface area contributed by atoms with Gasteiger partial charge in [0.2, 0.25) is 0 Å². The first-order valence-electron chi connectivity index (χ1n) is 10.3. The summed E-state index contributed by atoms with van der Waals surface area (Å²) in [6.07, 6.45) is 5.40. The van der Waals surface area contributed by atoms with Crippen molar-refractivity contribution >= 4 is 21.5 Å². The van der Waals surface area contributed by atoms with Crippen molar-refractivity contribution in [1.29, 1.82) is 0 Å². The van der Waals surface area contributed by atoms with Crippen LogP contribution in [0, 0.1) is 0 Å². The molecule has 0 saturated carbocycles. The summed E-state index contributed by atoms with van der Waals surface area (Å²) in [5, 5.41) is 5.86. The van der Waals surface area contributed by atoms with Crippen LogP contribution in [0.5, 0.6) is 0 Å². The second-order valence-electron chi connectivity index (χ2n) is 8.01.